The number of hydrogen-bond acceptors (Lipinski definition) is 2. The predicted molar refractivity (Wildman–Crippen MR) is 41.7 cm³/mol. The molecule has 2 rings (SSSR count). The first kappa shape index (κ1) is 6.62. The molecule has 0 bridgehead atoms. The first-order valence-corrected chi connectivity index (χ1v) is 4.30. The number of nitrogens with two attached hydrogens (primary N) is 1. The van der Waals surface area contributed by atoms with Crippen LogP contribution in [0.4, 0.5) is 0 Å². The first-order valence-electron chi connectivity index (χ1n) is 4.30. The van der Waals surface area contributed by atoms with Gasteiger partial charge in [-0.25, -0.2) is 0 Å². The maximum atomic E-state index is 5.96. The van der Waals surface area contributed by atoms with E-state index < -0.39 is 0 Å². The van der Waals surface area contributed by atoms with Gasteiger partial charge in [-0.3, -0.25) is 0 Å². The monoisotopic (exact) mass is 140 g/mol. The Morgan fingerprint density at radius 1 is 1.20 bits per heavy atom. The zero-order valence-corrected chi connectivity index (χ0v) is 6.40. The van der Waals surface area contributed by atoms with E-state index in [0.29, 0.717) is 11.5 Å². The van der Waals surface area contributed by atoms with Gasteiger partial charge in [-0.1, -0.05) is 0 Å². The highest BCUT2D eigenvalue weighted by molar-refractivity contribution is 5.00. The molecule has 1 heterocycles. The molecule has 3 N–H and O–H groups in total. The van der Waals surface area contributed by atoms with Crippen LogP contribution >= 0.6 is 0 Å². The van der Waals surface area contributed by atoms with Gasteiger partial charge in [0.1, 0.15) is 0 Å². The van der Waals surface area contributed by atoms with Crippen molar-refractivity contribution in [1.29, 1.82) is 0 Å². The molecule has 58 valence electrons. The van der Waals surface area contributed by atoms with Gasteiger partial charge in [0.25, 0.3) is 0 Å². The lowest BCUT2D eigenvalue weighted by atomic mass is 9.60. The molecule has 0 unspecified atom stereocenters. The molecule has 2 nitrogen and oxygen atoms in total. The number of hydrogen-bond donors (Lipinski definition) is 2. The summed E-state index contributed by atoms with van der Waals surface area (Å²) < 4.78 is 0. The van der Waals surface area contributed by atoms with E-state index in [1.165, 1.54) is 38.8 Å². The van der Waals surface area contributed by atoms with Gasteiger partial charge in [0, 0.05) is 6.04 Å². The molecule has 2 aliphatic rings. The Labute approximate surface area is 62.2 Å². The zero-order chi connectivity index (χ0) is 7.03. The Balaban J connectivity index is 1.99. The van der Waals surface area contributed by atoms with E-state index in [4.69, 9.17) is 5.73 Å². The molecule has 1 aliphatic carbocycles. The van der Waals surface area contributed by atoms with E-state index in [0.717, 1.165) is 0 Å². The Kier molecular flexibility index (Phi) is 1.46. The maximum Gasteiger partial charge on any atom is 0.00967 e. The Morgan fingerprint density at radius 3 is 2.20 bits per heavy atom. The van der Waals surface area contributed by atoms with Crippen LogP contribution in [0.15, 0.2) is 0 Å². The molecule has 2 fully saturated rings. The molecule has 0 aromatic rings. The summed E-state index contributed by atoms with van der Waals surface area (Å²) in [5.74, 6) is 0. The molecular formula is C8H16N2. The van der Waals surface area contributed by atoms with Crippen molar-refractivity contribution in [2.45, 2.75) is 31.7 Å². The minimum Gasteiger partial charge on any atom is -0.327 e. The van der Waals surface area contributed by atoms with E-state index in [-0.39, 0.29) is 0 Å². The van der Waals surface area contributed by atoms with Gasteiger partial charge in [-0.15, -0.1) is 0 Å². The molecule has 2 heteroatoms. The van der Waals surface area contributed by atoms with Crippen LogP contribution in [0.2, 0.25) is 0 Å². The summed E-state index contributed by atoms with van der Waals surface area (Å²) >= 11 is 0. The highest BCUT2D eigenvalue weighted by Gasteiger charge is 2.44. The van der Waals surface area contributed by atoms with Gasteiger partial charge in [-0.2, -0.15) is 0 Å². The second-order valence-electron chi connectivity index (χ2n) is 3.76. The van der Waals surface area contributed by atoms with Crippen molar-refractivity contribution in [2.24, 2.45) is 11.1 Å². The summed E-state index contributed by atoms with van der Waals surface area (Å²) in [5.41, 5.74) is 6.54. The maximum absolute atomic E-state index is 5.96. The molecule has 1 atom stereocenters. The quantitative estimate of drug-likeness (QED) is 0.513. The summed E-state index contributed by atoms with van der Waals surface area (Å²) in [7, 11) is 0. The lowest BCUT2D eigenvalue weighted by Crippen LogP contribution is -2.55. The number of rotatable bonds is 0. The summed E-state index contributed by atoms with van der Waals surface area (Å²) in [6, 6.07) is 0.523. The first-order chi connectivity index (χ1) is 4.83. The van der Waals surface area contributed by atoms with Crippen LogP contribution in [0.25, 0.3) is 0 Å². The van der Waals surface area contributed by atoms with Gasteiger partial charge in [-0.05, 0) is 44.2 Å². The van der Waals surface area contributed by atoms with Crippen LogP contribution in [-0.4, -0.2) is 19.1 Å². The van der Waals surface area contributed by atoms with E-state index in [9.17, 15) is 0 Å². The highest BCUT2D eigenvalue weighted by Crippen LogP contribution is 2.46. The topological polar surface area (TPSA) is 38.0 Å². The fourth-order valence-electron chi connectivity index (χ4n) is 2.26. The Bertz CT molecular complexity index is 127. The molecule has 0 radical (unpaired) electrons. The van der Waals surface area contributed by atoms with Crippen LogP contribution < -0.4 is 11.1 Å². The summed E-state index contributed by atoms with van der Waals surface area (Å²) in [6.07, 6.45) is 5.28. The van der Waals surface area contributed by atoms with Gasteiger partial charge in [0.15, 0.2) is 0 Å². The standard InChI is InChI=1S/C8H16N2/c9-7-1-2-8(7)3-5-10-6-4-8/h7,10H,1-6,9H2/t7-/m0/s1. The van der Waals surface area contributed by atoms with Crippen LogP contribution in [0, 0.1) is 5.41 Å². The summed E-state index contributed by atoms with van der Waals surface area (Å²) in [6.45, 7) is 2.38. The van der Waals surface area contributed by atoms with Crippen molar-refractivity contribution < 1.29 is 0 Å². The fourth-order valence-corrected chi connectivity index (χ4v) is 2.26. The van der Waals surface area contributed by atoms with Crippen molar-refractivity contribution in [3.05, 3.63) is 0 Å². The second kappa shape index (κ2) is 2.21. The van der Waals surface area contributed by atoms with Crippen LogP contribution in [-0.2, 0) is 0 Å². The van der Waals surface area contributed by atoms with Crippen molar-refractivity contribution in [3.8, 4) is 0 Å². The smallest absolute Gasteiger partial charge is 0.00967 e. The lowest BCUT2D eigenvalue weighted by molar-refractivity contribution is 0.0536. The van der Waals surface area contributed by atoms with E-state index in [2.05, 4.69) is 5.32 Å². The normalized spacial score (nSPS) is 37.5. The van der Waals surface area contributed by atoms with Gasteiger partial charge in [0.2, 0.25) is 0 Å². The van der Waals surface area contributed by atoms with Gasteiger partial charge in [0.05, 0.1) is 0 Å². The molecular weight excluding hydrogens is 124 g/mol. The minimum absolute atomic E-state index is 0.523. The lowest BCUT2D eigenvalue weighted by Gasteiger charge is -2.50. The third-order valence-electron chi connectivity index (χ3n) is 3.34. The van der Waals surface area contributed by atoms with Crippen LogP contribution in [0.5, 0.6) is 0 Å². The highest BCUT2D eigenvalue weighted by atomic mass is 14.9. The number of piperidine rings is 1. The molecule has 1 saturated carbocycles. The summed E-state index contributed by atoms with van der Waals surface area (Å²) in [5, 5.41) is 3.37. The van der Waals surface area contributed by atoms with E-state index in [1.807, 2.05) is 0 Å². The van der Waals surface area contributed by atoms with Crippen LogP contribution in [0.3, 0.4) is 0 Å². The SMILES string of the molecule is N[C@H]1CCC12CCNCC2. The molecule has 0 aromatic carbocycles. The van der Waals surface area contributed by atoms with Crippen molar-refractivity contribution in [3.63, 3.8) is 0 Å². The van der Waals surface area contributed by atoms with Crippen molar-refractivity contribution in [2.75, 3.05) is 13.1 Å². The van der Waals surface area contributed by atoms with Crippen molar-refractivity contribution >= 4 is 0 Å². The third-order valence-corrected chi connectivity index (χ3v) is 3.34. The van der Waals surface area contributed by atoms with E-state index >= 15 is 0 Å². The second-order valence-corrected chi connectivity index (χ2v) is 3.76. The Hall–Kier alpha value is -0.0800. The molecule has 10 heavy (non-hydrogen) atoms. The molecule has 1 saturated heterocycles. The fraction of sp³-hybridized carbons (Fsp3) is 1.00. The van der Waals surface area contributed by atoms with Gasteiger partial charge < -0.3 is 11.1 Å². The van der Waals surface area contributed by atoms with Crippen molar-refractivity contribution in [1.82, 2.24) is 5.32 Å². The zero-order valence-electron chi connectivity index (χ0n) is 6.40. The molecule has 0 aromatic heterocycles. The third kappa shape index (κ3) is 0.789. The largest absolute Gasteiger partial charge is 0.327 e. The molecule has 1 spiro atoms. The average molecular weight is 140 g/mol. The van der Waals surface area contributed by atoms with Crippen LogP contribution in [0.1, 0.15) is 25.7 Å². The Morgan fingerprint density at radius 2 is 1.90 bits per heavy atom. The predicted octanol–water partition coefficient (Wildman–Crippen LogP) is 0.477. The molecule has 0 amide bonds. The minimum atomic E-state index is 0.523. The number of nitrogens with one attached hydrogen (secondary N) is 1. The average Bonchev–Trinajstić information content (AvgIpc) is 2.04. The van der Waals surface area contributed by atoms with Gasteiger partial charge >= 0.3 is 0 Å². The van der Waals surface area contributed by atoms with E-state index in [1.54, 1.807) is 0 Å². The molecule has 1 aliphatic heterocycles. The summed E-state index contributed by atoms with van der Waals surface area (Å²) in [4.78, 5) is 0.